The molecule has 2 nitrogen and oxygen atoms in total. The number of halogens is 1. The van der Waals surface area contributed by atoms with E-state index in [4.69, 9.17) is 0 Å². The van der Waals surface area contributed by atoms with Crippen molar-refractivity contribution in [3.8, 4) is 0 Å². The van der Waals surface area contributed by atoms with Gasteiger partial charge in [0.2, 0.25) is 0 Å². The van der Waals surface area contributed by atoms with Crippen LogP contribution < -0.4 is 0 Å². The van der Waals surface area contributed by atoms with E-state index in [0.717, 1.165) is 31.6 Å². The number of aryl methyl sites for hydroxylation is 1. The maximum atomic E-state index is 13.7. The number of benzene rings is 3. The molecule has 1 saturated heterocycles. The van der Waals surface area contributed by atoms with Crippen LogP contribution in [0.3, 0.4) is 0 Å². The lowest BCUT2D eigenvalue weighted by molar-refractivity contribution is 0.322. The van der Waals surface area contributed by atoms with Crippen molar-refractivity contribution < 1.29 is 8.60 Å². The first-order valence-electron chi connectivity index (χ1n) is 11.6. The molecule has 0 saturated carbocycles. The molecule has 0 N–H and O–H groups in total. The Morgan fingerprint density at radius 2 is 1.47 bits per heavy atom. The van der Waals surface area contributed by atoms with Gasteiger partial charge in [0, 0.05) is 24.5 Å². The third-order valence-electron chi connectivity index (χ3n) is 5.52. The van der Waals surface area contributed by atoms with Crippen LogP contribution in [0, 0.1) is 12.7 Å². The van der Waals surface area contributed by atoms with E-state index < -0.39 is 15.5 Å². The molecule has 4 heteroatoms. The van der Waals surface area contributed by atoms with Gasteiger partial charge in [0.1, 0.15) is 5.82 Å². The van der Waals surface area contributed by atoms with Gasteiger partial charge in [0.05, 0.1) is 15.5 Å². The number of rotatable bonds is 5. The Morgan fingerprint density at radius 1 is 0.875 bits per heavy atom. The first kappa shape index (κ1) is 26.0. The van der Waals surface area contributed by atoms with Crippen molar-refractivity contribution in [2.75, 3.05) is 13.1 Å². The summed E-state index contributed by atoms with van der Waals surface area (Å²) >= 11 is 0. The number of hydrogen-bond acceptors (Lipinski definition) is 2. The van der Waals surface area contributed by atoms with Gasteiger partial charge in [0.15, 0.2) is 0 Å². The lowest BCUT2D eigenvalue weighted by atomic mass is 9.96. The quantitative estimate of drug-likeness (QED) is 0.411. The highest BCUT2D eigenvalue weighted by Gasteiger charge is 2.45. The van der Waals surface area contributed by atoms with E-state index in [1.807, 2.05) is 33.8 Å². The molecule has 1 aliphatic heterocycles. The Morgan fingerprint density at radius 3 is 2.06 bits per heavy atom. The summed E-state index contributed by atoms with van der Waals surface area (Å²) in [5, 5.41) is 0. The fourth-order valence-corrected chi connectivity index (χ4v) is 5.73. The average molecular weight is 454 g/mol. The second-order valence-corrected chi connectivity index (χ2v) is 9.32. The lowest BCUT2D eigenvalue weighted by Crippen LogP contribution is -2.35. The highest BCUT2D eigenvalue weighted by atomic mass is 32.2. The second-order valence-electron chi connectivity index (χ2n) is 7.53. The molecule has 2 atom stereocenters. The highest BCUT2D eigenvalue weighted by molar-refractivity contribution is 7.86. The second kappa shape index (κ2) is 12.7. The monoisotopic (exact) mass is 453 g/mol. The average Bonchev–Trinajstić information content (AvgIpc) is 3.27. The van der Waals surface area contributed by atoms with E-state index in [-0.39, 0.29) is 5.82 Å². The fourth-order valence-electron chi connectivity index (χ4n) is 3.97. The predicted octanol–water partition coefficient (Wildman–Crippen LogP) is 7.10. The summed E-state index contributed by atoms with van der Waals surface area (Å²) in [6.45, 7) is 12.5. The van der Waals surface area contributed by atoms with Gasteiger partial charge in [0.25, 0.3) is 0 Å². The molecule has 0 aliphatic carbocycles. The van der Waals surface area contributed by atoms with Crippen molar-refractivity contribution in [3.05, 3.63) is 101 Å². The molecule has 1 unspecified atom stereocenters. The van der Waals surface area contributed by atoms with E-state index in [9.17, 15) is 8.60 Å². The zero-order valence-electron chi connectivity index (χ0n) is 20.0. The minimum Gasteiger partial charge on any atom is -0.297 e. The molecular weight excluding hydrogens is 417 g/mol. The third kappa shape index (κ3) is 6.14. The van der Waals surface area contributed by atoms with Crippen molar-refractivity contribution in [2.24, 2.45) is 0 Å². The Hall–Kier alpha value is -2.30. The van der Waals surface area contributed by atoms with Crippen molar-refractivity contribution in [2.45, 2.75) is 57.2 Å². The molecule has 4 rings (SSSR count). The van der Waals surface area contributed by atoms with E-state index in [1.165, 1.54) is 23.3 Å². The third-order valence-corrected chi connectivity index (χ3v) is 7.50. The molecule has 172 valence electrons. The fraction of sp³-hybridized carbons (Fsp3) is 0.357. The van der Waals surface area contributed by atoms with E-state index in [0.29, 0.717) is 4.90 Å². The van der Waals surface area contributed by atoms with Crippen molar-refractivity contribution in [3.63, 3.8) is 0 Å². The predicted molar refractivity (Wildman–Crippen MR) is 135 cm³/mol. The summed E-state index contributed by atoms with van der Waals surface area (Å²) in [4.78, 5) is 3.06. The smallest absolute Gasteiger partial charge is 0.123 e. The molecule has 0 bridgehead atoms. The normalized spacial score (nSPS) is 18.7. The number of hydrogen-bond donors (Lipinski definition) is 0. The summed E-state index contributed by atoms with van der Waals surface area (Å²) < 4.78 is 26.6. The minimum atomic E-state index is -1.27. The van der Waals surface area contributed by atoms with Crippen LogP contribution in [-0.2, 0) is 22.1 Å². The Kier molecular flexibility index (Phi) is 10.3. The van der Waals surface area contributed by atoms with Crippen LogP contribution in [0.25, 0.3) is 0 Å². The molecule has 3 aromatic rings. The summed E-state index contributed by atoms with van der Waals surface area (Å²) in [7, 11) is -1.27. The molecule has 0 spiro atoms. The largest absolute Gasteiger partial charge is 0.297 e. The summed E-state index contributed by atoms with van der Waals surface area (Å²) in [5.41, 5.74) is 3.54. The van der Waals surface area contributed by atoms with Gasteiger partial charge in [-0.3, -0.25) is 9.11 Å². The van der Waals surface area contributed by atoms with Gasteiger partial charge in [-0.05, 0) is 48.7 Å². The Bertz CT molecular complexity index is 957. The Labute approximate surface area is 196 Å². The molecule has 0 aromatic heterocycles. The minimum absolute atomic E-state index is 0.303. The highest BCUT2D eigenvalue weighted by Crippen LogP contribution is 2.41. The molecule has 3 aromatic carbocycles. The molecule has 32 heavy (non-hydrogen) atoms. The van der Waals surface area contributed by atoms with Crippen LogP contribution in [0.2, 0.25) is 0 Å². The first-order chi connectivity index (χ1) is 15.6. The molecule has 0 radical (unpaired) electrons. The van der Waals surface area contributed by atoms with Crippen LogP contribution in [-0.4, -0.2) is 22.2 Å². The lowest BCUT2D eigenvalue weighted by Gasteiger charge is -2.30. The molecular formula is C28H36FNOS. The van der Waals surface area contributed by atoms with E-state index in [2.05, 4.69) is 60.4 Å². The maximum Gasteiger partial charge on any atom is 0.123 e. The summed E-state index contributed by atoms with van der Waals surface area (Å²) in [6.07, 6.45) is 0.812. The maximum absolute atomic E-state index is 13.7. The van der Waals surface area contributed by atoms with Crippen LogP contribution in [0.15, 0.2) is 83.8 Å². The van der Waals surface area contributed by atoms with Gasteiger partial charge in [-0.1, -0.05) is 87.9 Å². The zero-order valence-corrected chi connectivity index (χ0v) is 20.8. The Balaban J connectivity index is 0.000000860. The standard InChI is InChI=1S/C24H24FNOS.2C2H6/c1-19-7-9-21(10-8-19)24(28(27)23-13-11-22(25)12-14-23)15-16-26(18-24)17-20-5-3-2-4-6-20;2*1-2/h2-14H,15-18H2,1H3;2*1-2H3/t24-,28?;;/m0../s1. The molecule has 1 aliphatic rings. The molecule has 1 heterocycles. The van der Waals surface area contributed by atoms with Crippen LogP contribution in [0.1, 0.15) is 50.8 Å². The number of likely N-dealkylation sites (tertiary alicyclic amines) is 1. The van der Waals surface area contributed by atoms with Crippen molar-refractivity contribution in [1.82, 2.24) is 4.90 Å². The van der Waals surface area contributed by atoms with Gasteiger partial charge in [-0.15, -0.1) is 0 Å². The molecule has 1 fully saturated rings. The van der Waals surface area contributed by atoms with Crippen LogP contribution in [0.4, 0.5) is 4.39 Å². The summed E-state index contributed by atoms with van der Waals surface area (Å²) in [6, 6.07) is 24.8. The van der Waals surface area contributed by atoms with E-state index >= 15 is 0 Å². The van der Waals surface area contributed by atoms with Gasteiger partial charge in [-0.25, -0.2) is 4.39 Å². The SMILES string of the molecule is CC.CC.Cc1ccc([C@]2(S(=O)c3ccc(F)cc3)CCN(Cc3ccccc3)C2)cc1. The van der Waals surface area contributed by atoms with Crippen molar-refractivity contribution in [1.29, 1.82) is 0 Å². The molecule has 0 amide bonds. The number of nitrogens with zero attached hydrogens (tertiary/aromatic N) is 1. The topological polar surface area (TPSA) is 20.3 Å². The van der Waals surface area contributed by atoms with Gasteiger partial charge < -0.3 is 0 Å². The zero-order chi connectivity index (χ0) is 23.6. The van der Waals surface area contributed by atoms with Crippen LogP contribution >= 0.6 is 0 Å². The first-order valence-corrected chi connectivity index (χ1v) is 12.7. The van der Waals surface area contributed by atoms with Gasteiger partial charge >= 0.3 is 0 Å². The van der Waals surface area contributed by atoms with Gasteiger partial charge in [-0.2, -0.15) is 0 Å². The van der Waals surface area contributed by atoms with Crippen LogP contribution in [0.5, 0.6) is 0 Å². The summed E-state index contributed by atoms with van der Waals surface area (Å²) in [5.74, 6) is -0.303. The van der Waals surface area contributed by atoms with Crippen molar-refractivity contribution >= 4 is 10.8 Å². The van der Waals surface area contributed by atoms with E-state index in [1.54, 1.807) is 12.1 Å².